The molecular weight excluding hydrogens is 333 g/mol. The minimum absolute atomic E-state index is 0.147. The fourth-order valence-corrected chi connectivity index (χ4v) is 2.88. The van der Waals surface area contributed by atoms with Crippen molar-refractivity contribution >= 4 is 0 Å². The molecule has 0 bridgehead atoms. The molecule has 1 N–H and O–H groups in total. The van der Waals surface area contributed by atoms with E-state index in [2.05, 4.69) is 10.3 Å². The minimum atomic E-state index is -4.43. The molecule has 0 amide bonds. The molecule has 7 heteroatoms. The highest BCUT2D eigenvalue weighted by Crippen LogP contribution is 2.35. The number of rotatable bonds is 6. The molecule has 25 heavy (non-hydrogen) atoms. The van der Waals surface area contributed by atoms with Gasteiger partial charge in [-0.1, -0.05) is 30.3 Å². The summed E-state index contributed by atoms with van der Waals surface area (Å²) in [6.45, 7) is 0.280. The first-order valence-corrected chi connectivity index (χ1v) is 8.10. The zero-order chi connectivity index (χ0) is 17.7. The van der Waals surface area contributed by atoms with Gasteiger partial charge in [-0.15, -0.1) is 0 Å². The van der Waals surface area contributed by atoms with Crippen LogP contribution in [0.25, 0.3) is 0 Å². The van der Waals surface area contributed by atoms with E-state index in [9.17, 15) is 13.2 Å². The van der Waals surface area contributed by atoms with Crippen molar-refractivity contribution in [2.75, 3.05) is 19.7 Å². The molecule has 0 spiro atoms. The summed E-state index contributed by atoms with van der Waals surface area (Å²) in [5, 5.41) is 3.29. The maximum Gasteiger partial charge on any atom is 0.422 e. The predicted molar refractivity (Wildman–Crippen MR) is 86.6 cm³/mol. The first kappa shape index (κ1) is 17.5. The van der Waals surface area contributed by atoms with Crippen molar-refractivity contribution in [1.82, 2.24) is 10.3 Å². The van der Waals surface area contributed by atoms with Crippen LogP contribution >= 0.6 is 0 Å². The van der Waals surface area contributed by atoms with Crippen LogP contribution in [0.5, 0.6) is 11.6 Å². The molecule has 1 aromatic heterocycles. The van der Waals surface area contributed by atoms with Crippen LogP contribution < -0.4 is 14.8 Å². The van der Waals surface area contributed by atoms with Gasteiger partial charge in [-0.05, 0) is 30.7 Å². The fraction of sp³-hybridized carbons (Fsp3) is 0.389. The number of pyridine rings is 1. The second-order valence-electron chi connectivity index (χ2n) is 5.91. The van der Waals surface area contributed by atoms with E-state index >= 15 is 0 Å². The van der Waals surface area contributed by atoms with Gasteiger partial charge in [0.15, 0.2) is 12.4 Å². The normalized spacial score (nSPS) is 18.8. The van der Waals surface area contributed by atoms with Crippen LogP contribution in [-0.4, -0.2) is 30.9 Å². The number of ether oxygens (including phenoxy) is 2. The van der Waals surface area contributed by atoms with Gasteiger partial charge in [-0.3, -0.25) is 0 Å². The SMILES string of the molecule is FC(F)(F)COc1ncccc1O[C@@H](c1ccccc1)[C@H]1CCNC1. The van der Waals surface area contributed by atoms with Gasteiger partial charge in [0.05, 0.1) is 0 Å². The van der Waals surface area contributed by atoms with Crippen LogP contribution in [0.15, 0.2) is 48.7 Å². The Kier molecular flexibility index (Phi) is 5.43. The highest BCUT2D eigenvalue weighted by molar-refractivity contribution is 5.34. The highest BCUT2D eigenvalue weighted by Gasteiger charge is 2.31. The molecule has 1 aliphatic heterocycles. The van der Waals surface area contributed by atoms with E-state index in [1.54, 1.807) is 12.1 Å². The van der Waals surface area contributed by atoms with E-state index in [0.29, 0.717) is 0 Å². The lowest BCUT2D eigenvalue weighted by molar-refractivity contribution is -0.154. The van der Waals surface area contributed by atoms with Crippen molar-refractivity contribution in [2.45, 2.75) is 18.7 Å². The van der Waals surface area contributed by atoms with Crippen molar-refractivity contribution in [3.05, 3.63) is 54.2 Å². The first-order valence-electron chi connectivity index (χ1n) is 8.10. The number of hydrogen-bond donors (Lipinski definition) is 1. The largest absolute Gasteiger partial charge is 0.480 e. The Hall–Kier alpha value is -2.28. The number of nitrogens with zero attached hydrogens (tertiary/aromatic N) is 1. The molecule has 0 unspecified atom stereocenters. The molecule has 1 aliphatic rings. The number of alkyl halides is 3. The average Bonchev–Trinajstić information content (AvgIpc) is 3.13. The molecule has 1 saturated heterocycles. The van der Waals surface area contributed by atoms with E-state index in [-0.39, 0.29) is 23.7 Å². The standard InChI is InChI=1S/C18H19F3N2O2/c19-18(20,21)12-24-17-15(7-4-9-23-17)25-16(14-8-10-22-11-14)13-5-2-1-3-6-13/h1-7,9,14,16,22H,8,10-12H2/t14-,16-/m0/s1. The van der Waals surface area contributed by atoms with Crippen LogP contribution in [0.2, 0.25) is 0 Å². The minimum Gasteiger partial charge on any atom is -0.480 e. The maximum atomic E-state index is 12.4. The van der Waals surface area contributed by atoms with Crippen LogP contribution in [-0.2, 0) is 0 Å². The summed E-state index contributed by atoms with van der Waals surface area (Å²) in [4.78, 5) is 3.89. The van der Waals surface area contributed by atoms with Gasteiger partial charge in [0.2, 0.25) is 0 Å². The van der Waals surface area contributed by atoms with Crippen molar-refractivity contribution in [3.63, 3.8) is 0 Å². The Morgan fingerprint density at radius 2 is 1.96 bits per heavy atom. The molecule has 0 saturated carbocycles. The number of halogens is 3. The topological polar surface area (TPSA) is 43.4 Å². The van der Waals surface area contributed by atoms with E-state index in [4.69, 9.17) is 9.47 Å². The van der Waals surface area contributed by atoms with Gasteiger partial charge in [-0.25, -0.2) is 4.98 Å². The second kappa shape index (κ2) is 7.74. The predicted octanol–water partition coefficient (Wildman–Crippen LogP) is 3.75. The quantitative estimate of drug-likeness (QED) is 0.860. The maximum absolute atomic E-state index is 12.4. The average molecular weight is 352 g/mol. The number of hydrogen-bond acceptors (Lipinski definition) is 4. The lowest BCUT2D eigenvalue weighted by Gasteiger charge is -2.25. The third kappa shape index (κ3) is 4.85. The smallest absolute Gasteiger partial charge is 0.422 e. The van der Waals surface area contributed by atoms with E-state index < -0.39 is 12.8 Å². The molecule has 0 aliphatic carbocycles. The molecule has 1 aromatic carbocycles. The summed E-state index contributed by atoms with van der Waals surface area (Å²) in [5.74, 6) is 0.289. The van der Waals surface area contributed by atoms with Gasteiger partial charge in [0.1, 0.15) is 6.10 Å². The molecule has 4 nitrogen and oxygen atoms in total. The lowest BCUT2D eigenvalue weighted by Crippen LogP contribution is -2.23. The molecule has 0 radical (unpaired) electrons. The molecule has 2 aromatic rings. The van der Waals surface area contributed by atoms with Crippen molar-refractivity contribution < 1.29 is 22.6 Å². The van der Waals surface area contributed by atoms with E-state index in [0.717, 1.165) is 25.1 Å². The highest BCUT2D eigenvalue weighted by atomic mass is 19.4. The summed E-state index contributed by atoms with van der Waals surface area (Å²) in [5.41, 5.74) is 0.974. The number of aromatic nitrogens is 1. The monoisotopic (exact) mass is 352 g/mol. The van der Waals surface area contributed by atoms with Crippen LogP contribution in [0, 0.1) is 5.92 Å². The number of nitrogens with one attached hydrogen (secondary N) is 1. The van der Waals surface area contributed by atoms with Gasteiger partial charge >= 0.3 is 6.18 Å². The first-order chi connectivity index (χ1) is 12.0. The molecule has 1 fully saturated rings. The van der Waals surface area contributed by atoms with Crippen LogP contribution in [0.4, 0.5) is 13.2 Å². The van der Waals surface area contributed by atoms with Gasteiger partial charge in [0.25, 0.3) is 5.88 Å². The van der Waals surface area contributed by atoms with E-state index in [1.165, 1.54) is 6.20 Å². The zero-order valence-corrected chi connectivity index (χ0v) is 13.5. The number of benzene rings is 1. The molecule has 3 rings (SSSR count). The lowest BCUT2D eigenvalue weighted by atomic mass is 9.95. The fourth-order valence-electron chi connectivity index (χ4n) is 2.88. The van der Waals surface area contributed by atoms with Crippen LogP contribution in [0.1, 0.15) is 18.1 Å². The summed E-state index contributed by atoms with van der Waals surface area (Å²) in [7, 11) is 0. The second-order valence-corrected chi connectivity index (χ2v) is 5.91. The third-order valence-corrected chi connectivity index (χ3v) is 4.02. The Morgan fingerprint density at radius 3 is 2.64 bits per heavy atom. The van der Waals surface area contributed by atoms with Gasteiger partial charge in [-0.2, -0.15) is 13.2 Å². The van der Waals surface area contributed by atoms with Crippen molar-refractivity contribution in [1.29, 1.82) is 0 Å². The van der Waals surface area contributed by atoms with Gasteiger partial charge < -0.3 is 14.8 Å². The Bertz CT molecular complexity index is 674. The molecule has 2 atom stereocenters. The van der Waals surface area contributed by atoms with E-state index in [1.807, 2.05) is 30.3 Å². The molecule has 134 valence electrons. The Labute approximate surface area is 144 Å². The molecular formula is C18H19F3N2O2. The van der Waals surface area contributed by atoms with Crippen LogP contribution in [0.3, 0.4) is 0 Å². The van der Waals surface area contributed by atoms with Gasteiger partial charge in [0, 0.05) is 18.7 Å². The zero-order valence-electron chi connectivity index (χ0n) is 13.5. The summed E-state index contributed by atoms with van der Waals surface area (Å²) in [6.07, 6.45) is -2.40. The summed E-state index contributed by atoms with van der Waals surface area (Å²) in [6, 6.07) is 12.8. The van der Waals surface area contributed by atoms with Crippen molar-refractivity contribution in [2.24, 2.45) is 5.92 Å². The van der Waals surface area contributed by atoms with Crippen molar-refractivity contribution in [3.8, 4) is 11.6 Å². The summed E-state index contributed by atoms with van der Waals surface area (Å²) < 4.78 is 48.2. The Balaban J connectivity index is 1.82. The Morgan fingerprint density at radius 1 is 1.16 bits per heavy atom. The third-order valence-electron chi connectivity index (χ3n) is 4.02. The summed E-state index contributed by atoms with van der Waals surface area (Å²) >= 11 is 0. The molecule has 2 heterocycles.